The number of benzene rings is 1. The smallest absolute Gasteiger partial charge is 0.0241 e. The van der Waals surface area contributed by atoms with Crippen molar-refractivity contribution in [2.75, 3.05) is 6.54 Å². The Bertz CT molecular complexity index is 432. The zero-order chi connectivity index (χ0) is 17.6. The molecule has 0 aliphatic carbocycles. The number of hydrogen-bond donors (Lipinski definition) is 0. The fourth-order valence-electron chi connectivity index (χ4n) is 2.88. The average molecular weight is 322 g/mol. The first kappa shape index (κ1) is 24.4. The molecule has 0 saturated carbocycles. The highest BCUT2D eigenvalue weighted by molar-refractivity contribution is 5.40. The van der Waals surface area contributed by atoms with E-state index in [9.17, 15) is 0 Å². The predicted molar refractivity (Wildman–Crippen MR) is 108 cm³/mol. The van der Waals surface area contributed by atoms with Gasteiger partial charge in [0, 0.05) is 18.6 Å². The van der Waals surface area contributed by atoms with Gasteiger partial charge in [-0.05, 0) is 49.3 Å². The molecule has 136 valence electrons. The lowest BCUT2D eigenvalue weighted by Gasteiger charge is -2.40. The van der Waals surface area contributed by atoms with Crippen molar-refractivity contribution in [1.82, 2.24) is 4.90 Å². The zero-order valence-corrected chi connectivity index (χ0v) is 16.8. The Morgan fingerprint density at radius 3 is 1.83 bits per heavy atom. The summed E-state index contributed by atoms with van der Waals surface area (Å²) in [4.78, 5) is 2.59. The Balaban J connectivity index is 0. The molecule has 1 aromatic rings. The minimum Gasteiger partial charge on any atom is -0.294 e. The first-order valence-electron chi connectivity index (χ1n) is 9.06. The second kappa shape index (κ2) is 10.1. The van der Waals surface area contributed by atoms with Gasteiger partial charge in [0.1, 0.15) is 0 Å². The van der Waals surface area contributed by atoms with Gasteiger partial charge in [0.2, 0.25) is 0 Å². The molecule has 0 aromatic heterocycles. The van der Waals surface area contributed by atoms with Crippen LogP contribution in [0.3, 0.4) is 0 Å². The number of fused-ring (bicyclic) bond motifs is 1. The maximum atomic E-state index is 2.59. The molecule has 1 aliphatic rings. The fraction of sp³-hybridized carbons (Fsp3) is 0.727. The molecule has 0 unspecified atom stereocenters. The van der Waals surface area contributed by atoms with E-state index in [1.54, 1.807) is 5.56 Å². The first-order chi connectivity index (χ1) is 10.2. The Morgan fingerprint density at radius 1 is 0.870 bits per heavy atom. The predicted octanol–water partition coefficient (Wildman–Crippen LogP) is 6.83. The molecule has 1 nitrogen and oxygen atoms in total. The van der Waals surface area contributed by atoms with E-state index < -0.39 is 0 Å². The van der Waals surface area contributed by atoms with E-state index in [1.165, 1.54) is 24.1 Å². The summed E-state index contributed by atoms with van der Waals surface area (Å²) in [6, 6.07) is 6.85. The van der Waals surface area contributed by atoms with Crippen LogP contribution in [0.1, 0.15) is 93.4 Å². The molecule has 0 saturated heterocycles. The molecule has 1 heterocycles. The minimum atomic E-state index is 0. The highest BCUT2D eigenvalue weighted by Crippen LogP contribution is 2.33. The van der Waals surface area contributed by atoms with Crippen LogP contribution < -0.4 is 0 Å². The third-order valence-electron chi connectivity index (χ3n) is 4.02. The molecule has 0 spiro atoms. The number of nitrogens with zero attached hydrogens (tertiary/aromatic N) is 1. The molecule has 1 aliphatic heterocycles. The van der Waals surface area contributed by atoms with E-state index >= 15 is 0 Å². The third-order valence-corrected chi connectivity index (χ3v) is 4.02. The lowest BCUT2D eigenvalue weighted by molar-refractivity contribution is 0.120. The van der Waals surface area contributed by atoms with Gasteiger partial charge in [0.05, 0.1) is 0 Å². The van der Waals surface area contributed by atoms with Crippen LogP contribution in [0.5, 0.6) is 0 Å². The summed E-state index contributed by atoms with van der Waals surface area (Å²) < 4.78 is 0. The van der Waals surface area contributed by atoms with Crippen LogP contribution >= 0.6 is 0 Å². The highest BCUT2D eigenvalue weighted by Gasteiger charge is 2.28. The van der Waals surface area contributed by atoms with Crippen molar-refractivity contribution in [2.45, 2.75) is 101 Å². The minimum absolute atomic E-state index is 0. The van der Waals surface area contributed by atoms with Gasteiger partial charge < -0.3 is 0 Å². The molecular formula is C22H43N. The second-order valence-electron chi connectivity index (χ2n) is 7.54. The average Bonchev–Trinajstić information content (AvgIpc) is 2.48. The number of rotatable bonds is 0. The van der Waals surface area contributed by atoms with Crippen molar-refractivity contribution >= 4 is 0 Å². The maximum Gasteiger partial charge on any atom is 0.0241 e. The van der Waals surface area contributed by atoms with Crippen LogP contribution in [0.4, 0.5) is 0 Å². The maximum absolute atomic E-state index is 2.59. The normalized spacial score (nSPS) is 14.3. The van der Waals surface area contributed by atoms with Gasteiger partial charge in [0.15, 0.2) is 0 Å². The van der Waals surface area contributed by atoms with Crippen LogP contribution in [0, 0.1) is 0 Å². The zero-order valence-electron chi connectivity index (χ0n) is 16.8. The summed E-state index contributed by atoms with van der Waals surface area (Å²) in [7, 11) is 0. The Labute approximate surface area is 147 Å². The van der Waals surface area contributed by atoms with E-state index in [-0.39, 0.29) is 18.4 Å². The van der Waals surface area contributed by atoms with Gasteiger partial charge in [-0.1, -0.05) is 74.1 Å². The van der Waals surface area contributed by atoms with E-state index in [2.05, 4.69) is 64.6 Å². The lowest BCUT2D eigenvalue weighted by atomic mass is 9.79. The van der Waals surface area contributed by atoms with Crippen molar-refractivity contribution in [2.24, 2.45) is 0 Å². The summed E-state index contributed by atoms with van der Waals surface area (Å²) in [5.41, 5.74) is 5.20. The molecular weight excluding hydrogens is 278 g/mol. The summed E-state index contributed by atoms with van der Waals surface area (Å²) in [6.45, 7) is 24.2. The molecule has 0 bridgehead atoms. The monoisotopic (exact) mass is 321 g/mol. The van der Waals surface area contributed by atoms with Crippen molar-refractivity contribution < 1.29 is 0 Å². The molecule has 0 N–H and O–H groups in total. The van der Waals surface area contributed by atoms with Crippen LogP contribution in [0.15, 0.2) is 18.2 Å². The quantitative estimate of drug-likeness (QED) is 0.506. The number of hydrogen-bond acceptors (Lipinski definition) is 1. The highest BCUT2D eigenvalue weighted by atomic mass is 15.2. The van der Waals surface area contributed by atoms with Gasteiger partial charge >= 0.3 is 0 Å². The largest absolute Gasteiger partial charge is 0.294 e. The van der Waals surface area contributed by atoms with Crippen LogP contribution in [0.25, 0.3) is 0 Å². The van der Waals surface area contributed by atoms with E-state index in [0.29, 0.717) is 0 Å². The molecule has 0 atom stereocenters. The molecule has 1 heteroatoms. The SMILES string of the molecule is C.CC.CC.CC(C)(C)c1cccc2c1CCN(C(C)(C)C)C2. The van der Waals surface area contributed by atoms with Crippen LogP contribution in [-0.4, -0.2) is 17.0 Å². The fourth-order valence-corrected chi connectivity index (χ4v) is 2.88. The van der Waals surface area contributed by atoms with E-state index in [4.69, 9.17) is 0 Å². The van der Waals surface area contributed by atoms with Gasteiger partial charge in [-0.25, -0.2) is 0 Å². The topological polar surface area (TPSA) is 3.24 Å². The molecule has 23 heavy (non-hydrogen) atoms. The Kier molecular flexibility index (Phi) is 10.8. The standard InChI is InChI=1S/C17H27N.2C2H6.CH4/c1-16(2,3)15-9-7-8-13-12-18(17(4,5)6)11-10-14(13)15;2*1-2;/h7-9H,10-12H2,1-6H3;2*1-2H3;1H4. The third kappa shape index (κ3) is 6.67. The lowest BCUT2D eigenvalue weighted by Crippen LogP contribution is -2.44. The summed E-state index contributed by atoms with van der Waals surface area (Å²) in [5, 5.41) is 0. The van der Waals surface area contributed by atoms with E-state index in [1.807, 2.05) is 27.7 Å². The van der Waals surface area contributed by atoms with Crippen molar-refractivity contribution in [3.63, 3.8) is 0 Å². The van der Waals surface area contributed by atoms with Crippen molar-refractivity contribution in [3.8, 4) is 0 Å². The first-order valence-corrected chi connectivity index (χ1v) is 9.06. The van der Waals surface area contributed by atoms with Gasteiger partial charge in [-0.3, -0.25) is 4.90 Å². The molecule has 0 radical (unpaired) electrons. The summed E-state index contributed by atoms with van der Waals surface area (Å²) >= 11 is 0. The Morgan fingerprint density at radius 2 is 1.39 bits per heavy atom. The van der Waals surface area contributed by atoms with E-state index in [0.717, 1.165) is 6.54 Å². The molecule has 0 fully saturated rings. The van der Waals surface area contributed by atoms with Crippen LogP contribution in [0.2, 0.25) is 0 Å². The van der Waals surface area contributed by atoms with Gasteiger partial charge in [0.25, 0.3) is 0 Å². The molecule has 0 amide bonds. The van der Waals surface area contributed by atoms with Crippen LogP contribution in [-0.2, 0) is 18.4 Å². The molecule has 2 rings (SSSR count). The van der Waals surface area contributed by atoms with Crippen molar-refractivity contribution in [3.05, 3.63) is 34.9 Å². The van der Waals surface area contributed by atoms with Gasteiger partial charge in [-0.2, -0.15) is 0 Å². The Hall–Kier alpha value is -0.820. The van der Waals surface area contributed by atoms with Gasteiger partial charge in [-0.15, -0.1) is 0 Å². The van der Waals surface area contributed by atoms with Crippen molar-refractivity contribution in [1.29, 1.82) is 0 Å². The summed E-state index contributed by atoms with van der Waals surface area (Å²) in [6.07, 6.45) is 1.19. The summed E-state index contributed by atoms with van der Waals surface area (Å²) in [5.74, 6) is 0. The second-order valence-corrected chi connectivity index (χ2v) is 7.54. The molecule has 1 aromatic carbocycles.